The number of amides is 4. The number of hydroxylamine groups is 1. The Hall–Kier alpha value is -9.23. The fraction of sp³-hybridized carbons (Fsp3) is 0.468. The number of allylic oxidation sites excluding steroid dienone is 6. The maximum atomic E-state index is 13.9. The normalized spacial score (nSPS) is 15.2. The second kappa shape index (κ2) is 38.8. The quantitative estimate of drug-likeness (QED) is 0.00525. The van der Waals surface area contributed by atoms with E-state index in [0.29, 0.717) is 85.8 Å². The van der Waals surface area contributed by atoms with E-state index in [2.05, 4.69) is 73.7 Å². The SMILES string of the molecule is CCN1\C(=C/C=C/C=C/C2=[N+](CCCCCC(=O)NCCCC[C@H](NC(=O)Cn3cc(CCCF)nn3)C(=O)NCCOCCOCCOCCn3cc(CN([C@@H](C(=O)NO)C(C)C)S(=O)(=O)c4ccc(OC)cc4)nn3)c3ccc4ccc(S(=O)(=O)O)cc4c3C2(C)C)C(C)(C)c2c1ccc1c(S(=O)(=O)[O-])cccc21. The van der Waals surface area contributed by atoms with Crippen molar-refractivity contribution in [3.63, 3.8) is 0 Å². The minimum Gasteiger partial charge on any atom is -0.744 e. The van der Waals surface area contributed by atoms with Crippen LogP contribution in [0.25, 0.3) is 21.5 Å². The van der Waals surface area contributed by atoms with Gasteiger partial charge >= 0.3 is 0 Å². The van der Waals surface area contributed by atoms with Gasteiger partial charge in [0.25, 0.3) is 16.0 Å². The van der Waals surface area contributed by atoms with Gasteiger partial charge in [-0.3, -0.25) is 33.3 Å². The average molecular weight is 1590 g/mol. The Kier molecular flexibility index (Phi) is 30.0. The Bertz CT molecular complexity index is 4930. The molecule has 7 aromatic rings. The molecule has 0 aliphatic carbocycles. The Labute approximate surface area is 647 Å². The predicted octanol–water partition coefficient (Wildman–Crippen LogP) is 8.05. The molecule has 0 bridgehead atoms. The van der Waals surface area contributed by atoms with Crippen molar-refractivity contribution in [2.75, 3.05) is 84.5 Å². The highest BCUT2D eigenvalue weighted by Crippen LogP contribution is 2.51. The molecular formula is C77H100FN13O17S3. The van der Waals surface area contributed by atoms with Gasteiger partial charge in [0.15, 0.2) is 5.71 Å². The second-order valence-corrected chi connectivity index (χ2v) is 33.0. The number of aryl methyl sites for hydroxylation is 1. The standard InChI is InChI=1S/C77H100FN13O17S3/c1-9-89-64-36-34-60-61(21-18-23-66(60)111(102,103)104)71(64)76(4,5)67(89)24-12-10-13-25-68-77(6,7)72-62-48-59(110(99,100)101)31-27-54(62)28-35-65(72)90(68)40-17-11-14-26-69(92)79-38-16-15-22-63(81-70(93)52-88-49-55(82-86-88)20-19-37-78)74(94)80-39-42-106-44-46-108-47-45-107-43-41-87-50-56(83-85-87)51-91(73(53(2)3)75(95)84-96)109(97,98)58-32-29-57(105-8)30-33-58/h10,12-13,18,21,23-25,27-36,48-50,53,63,73H,9,11,14-17,19-20,22,26,37-47,51-52H2,1-8H3,(H6-,79,80,81,82,83,84,85,86,92,93,94,95,96,99,100,101,102,103,104)/t63-,73+/m0/s1. The van der Waals surface area contributed by atoms with Gasteiger partial charge < -0.3 is 44.4 Å². The Morgan fingerprint density at radius 1 is 0.712 bits per heavy atom. The van der Waals surface area contributed by atoms with Gasteiger partial charge in [0.05, 0.1) is 98.0 Å². The highest BCUT2D eigenvalue weighted by atomic mass is 32.2. The molecule has 9 rings (SSSR count). The van der Waals surface area contributed by atoms with E-state index in [1.165, 1.54) is 65.1 Å². The summed E-state index contributed by atoms with van der Waals surface area (Å²) >= 11 is 0. The monoisotopic (exact) mass is 1590 g/mol. The number of nitrogens with one attached hydrogen (secondary N) is 4. The lowest BCUT2D eigenvalue weighted by Gasteiger charge is -2.31. The molecule has 0 spiro atoms. The lowest BCUT2D eigenvalue weighted by atomic mass is 9.79. The third-order valence-corrected chi connectivity index (χ3v) is 23.1. The summed E-state index contributed by atoms with van der Waals surface area (Å²) in [7, 11) is -12.1. The number of carbonyl (C=O) groups excluding carboxylic acids is 4. The maximum Gasteiger partial charge on any atom is 0.294 e. The molecule has 600 valence electrons. The van der Waals surface area contributed by atoms with Crippen LogP contribution >= 0.6 is 0 Å². The summed E-state index contributed by atoms with van der Waals surface area (Å²) in [6.45, 7) is 15.7. The number of aromatic nitrogens is 6. The summed E-state index contributed by atoms with van der Waals surface area (Å²) in [4.78, 5) is 54.6. The summed E-state index contributed by atoms with van der Waals surface area (Å²) in [5.74, 6) is -2.08. The number of benzene rings is 5. The van der Waals surface area contributed by atoms with Crippen LogP contribution in [-0.2, 0) is 101 Å². The number of fused-ring (bicyclic) bond motifs is 6. The summed E-state index contributed by atoms with van der Waals surface area (Å²) in [6, 6.07) is 20.4. The number of sulfonamides is 1. The molecule has 0 saturated heterocycles. The predicted molar refractivity (Wildman–Crippen MR) is 412 cm³/mol. The Balaban J connectivity index is 0.724. The minimum atomic E-state index is -4.73. The largest absolute Gasteiger partial charge is 0.744 e. The van der Waals surface area contributed by atoms with E-state index in [0.717, 1.165) is 43.6 Å². The molecule has 0 radical (unpaired) electrons. The molecule has 0 unspecified atom stereocenters. The number of carbonyl (C=O) groups is 4. The van der Waals surface area contributed by atoms with Crippen LogP contribution in [-0.4, -0.2) is 199 Å². The molecule has 4 heterocycles. The fourth-order valence-corrected chi connectivity index (χ4v) is 17.1. The fourth-order valence-electron chi connectivity index (χ4n) is 14.2. The number of rotatable bonds is 44. The summed E-state index contributed by atoms with van der Waals surface area (Å²) in [5, 5.41) is 36.9. The van der Waals surface area contributed by atoms with Gasteiger partial charge in [-0.1, -0.05) is 80.6 Å². The molecule has 6 N–H and O–H groups in total. The Morgan fingerprint density at radius 2 is 1.41 bits per heavy atom. The van der Waals surface area contributed by atoms with Gasteiger partial charge in [0.1, 0.15) is 41.0 Å². The van der Waals surface area contributed by atoms with Gasteiger partial charge in [-0.15, -0.1) is 10.2 Å². The van der Waals surface area contributed by atoms with Crippen LogP contribution in [0.2, 0.25) is 0 Å². The first kappa shape index (κ1) is 85.8. The number of hydrogen-bond acceptors (Lipinski definition) is 21. The van der Waals surface area contributed by atoms with Crippen molar-refractivity contribution in [2.24, 2.45) is 5.92 Å². The lowest BCUT2D eigenvalue weighted by Crippen LogP contribution is -2.51. The van der Waals surface area contributed by atoms with Crippen molar-refractivity contribution in [3.05, 3.63) is 156 Å². The van der Waals surface area contributed by atoms with Gasteiger partial charge in [0, 0.05) is 79.4 Å². The molecule has 5 aromatic carbocycles. The lowest BCUT2D eigenvalue weighted by molar-refractivity contribution is -0.438. The zero-order valence-corrected chi connectivity index (χ0v) is 66.2. The van der Waals surface area contributed by atoms with E-state index in [9.17, 15) is 63.1 Å². The summed E-state index contributed by atoms with van der Waals surface area (Å²) in [6.07, 6.45) is 17.1. The molecule has 34 heteroatoms. The van der Waals surface area contributed by atoms with Gasteiger partial charge in [-0.05, 0) is 159 Å². The topological polar surface area (TPSA) is 390 Å². The molecule has 2 aromatic heterocycles. The molecule has 4 amide bonds. The number of anilines is 1. The molecule has 2 aliphatic rings. The van der Waals surface area contributed by atoms with Crippen LogP contribution in [0.5, 0.6) is 5.75 Å². The average Bonchev–Trinajstić information content (AvgIpc) is 1.58. The van der Waals surface area contributed by atoms with Crippen molar-refractivity contribution in [1.82, 2.24) is 55.7 Å². The van der Waals surface area contributed by atoms with Gasteiger partial charge in [0.2, 0.25) is 33.4 Å². The van der Waals surface area contributed by atoms with E-state index in [1.54, 1.807) is 43.7 Å². The van der Waals surface area contributed by atoms with E-state index in [-0.39, 0.29) is 111 Å². The molecule has 2 atom stereocenters. The van der Waals surface area contributed by atoms with Crippen LogP contribution in [0.4, 0.5) is 15.8 Å². The first-order chi connectivity index (χ1) is 52.9. The number of ether oxygens (including phenoxy) is 4. The molecule has 0 saturated carbocycles. The van der Waals surface area contributed by atoms with Gasteiger partial charge in [-0.25, -0.2) is 31.7 Å². The number of halogens is 1. The van der Waals surface area contributed by atoms with E-state index in [4.69, 9.17) is 18.9 Å². The summed E-state index contributed by atoms with van der Waals surface area (Å²) in [5.41, 5.74) is 6.69. The Morgan fingerprint density at radius 3 is 2.10 bits per heavy atom. The van der Waals surface area contributed by atoms with E-state index < -0.39 is 83.5 Å². The first-order valence-electron chi connectivity index (χ1n) is 37.0. The molecule has 0 fully saturated rings. The van der Waals surface area contributed by atoms with Crippen LogP contribution in [0.15, 0.2) is 148 Å². The van der Waals surface area contributed by atoms with Crippen molar-refractivity contribution in [2.45, 2.75) is 163 Å². The molecular weight excluding hydrogens is 1490 g/mol. The number of nitrogens with zero attached hydrogens (tertiary/aromatic N) is 9. The number of likely N-dealkylation sites (N-methyl/N-ethyl adjacent to an activating group) is 1. The third-order valence-electron chi connectivity index (χ3n) is 19.6. The highest BCUT2D eigenvalue weighted by Gasteiger charge is 2.46. The van der Waals surface area contributed by atoms with Gasteiger partial charge in [-0.2, -0.15) is 17.3 Å². The maximum absolute atomic E-state index is 13.9. The van der Waals surface area contributed by atoms with Crippen molar-refractivity contribution < 1.29 is 86.7 Å². The second-order valence-electron chi connectivity index (χ2n) is 28.4. The van der Waals surface area contributed by atoms with Crippen molar-refractivity contribution in [1.29, 1.82) is 0 Å². The molecule has 2 aliphatic heterocycles. The van der Waals surface area contributed by atoms with Crippen molar-refractivity contribution >= 4 is 92.5 Å². The minimum absolute atomic E-state index is 0.0928. The first-order valence-corrected chi connectivity index (χ1v) is 41.3. The van der Waals surface area contributed by atoms with Crippen LogP contribution in [0.1, 0.15) is 122 Å². The van der Waals surface area contributed by atoms with Crippen LogP contribution in [0.3, 0.4) is 0 Å². The number of alkyl halides is 1. The number of methoxy groups -OCH3 is 1. The zero-order valence-electron chi connectivity index (χ0n) is 63.8. The zero-order chi connectivity index (χ0) is 80.3. The van der Waals surface area contributed by atoms with Crippen LogP contribution in [0, 0.1) is 5.92 Å². The molecule has 111 heavy (non-hydrogen) atoms. The van der Waals surface area contributed by atoms with E-state index in [1.807, 2.05) is 61.6 Å². The van der Waals surface area contributed by atoms with E-state index >= 15 is 0 Å². The molecule has 30 nitrogen and oxygen atoms in total. The highest BCUT2D eigenvalue weighted by molar-refractivity contribution is 7.89. The van der Waals surface area contributed by atoms with Crippen LogP contribution < -0.4 is 31.1 Å². The third kappa shape index (κ3) is 21.7. The number of unbranched alkanes of at least 4 members (excludes halogenated alkanes) is 3. The smallest absolute Gasteiger partial charge is 0.294 e. The summed E-state index contributed by atoms with van der Waals surface area (Å²) < 4.78 is 141. The van der Waals surface area contributed by atoms with Crippen molar-refractivity contribution in [3.8, 4) is 5.75 Å². The number of hydrogen-bond donors (Lipinski definition) is 6.